The first kappa shape index (κ1) is 14.0. The summed E-state index contributed by atoms with van der Waals surface area (Å²) in [6.45, 7) is 2.06. The van der Waals surface area contributed by atoms with Crippen molar-refractivity contribution < 1.29 is 0 Å². The highest BCUT2D eigenvalue weighted by Crippen LogP contribution is 2.28. The van der Waals surface area contributed by atoms with Gasteiger partial charge in [0.25, 0.3) is 0 Å². The second-order valence-corrected chi connectivity index (χ2v) is 6.26. The van der Waals surface area contributed by atoms with E-state index in [0.29, 0.717) is 0 Å². The Morgan fingerprint density at radius 1 is 1.28 bits per heavy atom. The molecule has 0 fully saturated rings. The number of halogens is 2. The van der Waals surface area contributed by atoms with Crippen LogP contribution in [0.4, 0.5) is 0 Å². The molecule has 0 saturated carbocycles. The maximum absolute atomic E-state index is 4.28. The van der Waals surface area contributed by atoms with Crippen LogP contribution < -0.4 is 5.32 Å². The van der Waals surface area contributed by atoms with E-state index in [1.807, 2.05) is 19.4 Å². The van der Waals surface area contributed by atoms with Crippen molar-refractivity contribution >= 4 is 38.5 Å². The minimum absolute atomic E-state index is 0.168. The van der Waals surface area contributed by atoms with Gasteiger partial charge in [0, 0.05) is 20.4 Å². The van der Waals surface area contributed by atoms with Gasteiger partial charge in [0.1, 0.15) is 0 Å². The Morgan fingerprint density at radius 3 is 2.72 bits per heavy atom. The van der Waals surface area contributed by atoms with Crippen LogP contribution in [0.1, 0.15) is 22.7 Å². The summed E-state index contributed by atoms with van der Waals surface area (Å²) in [4.78, 5) is 4.28. The number of hydrogen-bond acceptors (Lipinski definition) is 2. The maximum atomic E-state index is 4.28. The van der Waals surface area contributed by atoms with Crippen molar-refractivity contribution in [2.24, 2.45) is 0 Å². The lowest BCUT2D eigenvalue weighted by Gasteiger charge is -2.19. The molecule has 1 heterocycles. The minimum atomic E-state index is 0.168. The van der Waals surface area contributed by atoms with Crippen molar-refractivity contribution in [2.45, 2.75) is 13.0 Å². The Kier molecular flexibility index (Phi) is 4.75. The smallest absolute Gasteiger partial charge is 0.0600 e. The number of rotatable bonds is 3. The molecule has 1 aromatic carbocycles. The average Bonchev–Trinajstić information content (AvgIpc) is 2.35. The third-order valence-electron chi connectivity index (χ3n) is 2.79. The summed E-state index contributed by atoms with van der Waals surface area (Å²) >= 11 is 5.90. The van der Waals surface area contributed by atoms with Crippen LogP contribution in [-0.2, 0) is 0 Å². The van der Waals surface area contributed by atoms with Crippen molar-refractivity contribution in [2.75, 3.05) is 7.05 Å². The van der Waals surface area contributed by atoms with Crippen molar-refractivity contribution in [1.29, 1.82) is 0 Å². The second kappa shape index (κ2) is 6.12. The lowest BCUT2D eigenvalue weighted by molar-refractivity contribution is 0.684. The van der Waals surface area contributed by atoms with Crippen LogP contribution in [0.25, 0.3) is 0 Å². The molecule has 2 rings (SSSR count). The van der Waals surface area contributed by atoms with Gasteiger partial charge in [0.2, 0.25) is 0 Å². The highest BCUT2D eigenvalue weighted by Gasteiger charge is 2.15. The molecule has 0 aliphatic carbocycles. The molecule has 0 bridgehead atoms. The Labute approximate surface area is 129 Å². The third kappa shape index (κ3) is 3.10. The summed E-state index contributed by atoms with van der Waals surface area (Å²) in [6, 6.07) is 8.68. The van der Waals surface area contributed by atoms with Crippen LogP contribution in [0, 0.1) is 10.5 Å². The molecule has 0 saturated heterocycles. The monoisotopic (exact) mass is 416 g/mol. The van der Waals surface area contributed by atoms with E-state index in [4.69, 9.17) is 0 Å². The second-order valence-electron chi connectivity index (χ2n) is 4.18. The first-order valence-corrected chi connectivity index (χ1v) is 7.52. The summed E-state index contributed by atoms with van der Waals surface area (Å²) in [6.07, 6.45) is 3.80. The number of nitrogens with one attached hydrogen (secondary N) is 1. The van der Waals surface area contributed by atoms with Crippen LogP contribution in [0.2, 0.25) is 0 Å². The SMILES string of the molecule is CNC(c1cncc(C)c1)c1cc(Br)ccc1I. The fourth-order valence-electron chi connectivity index (χ4n) is 1.97. The fourth-order valence-corrected chi connectivity index (χ4v) is 3.00. The number of benzene rings is 1. The molecule has 94 valence electrons. The van der Waals surface area contributed by atoms with E-state index in [0.717, 1.165) is 4.47 Å². The first-order chi connectivity index (χ1) is 8.61. The number of aryl methyl sites for hydroxylation is 1. The van der Waals surface area contributed by atoms with Gasteiger partial charge in [-0.2, -0.15) is 0 Å². The van der Waals surface area contributed by atoms with E-state index in [2.05, 4.69) is 80.0 Å². The number of aromatic nitrogens is 1. The Hall–Kier alpha value is -0.460. The molecular formula is C14H14BrIN2. The third-order valence-corrected chi connectivity index (χ3v) is 4.26. The Balaban J connectivity index is 2.48. The lowest BCUT2D eigenvalue weighted by atomic mass is 9.99. The lowest BCUT2D eigenvalue weighted by Crippen LogP contribution is -2.19. The summed E-state index contributed by atoms with van der Waals surface area (Å²) in [5.74, 6) is 0. The molecule has 1 unspecified atom stereocenters. The van der Waals surface area contributed by atoms with Crippen molar-refractivity contribution in [3.05, 3.63) is 61.4 Å². The zero-order valence-electron chi connectivity index (χ0n) is 10.2. The molecule has 2 aromatic rings. The Morgan fingerprint density at radius 2 is 2.06 bits per heavy atom. The van der Waals surface area contributed by atoms with Crippen LogP contribution >= 0.6 is 38.5 Å². The van der Waals surface area contributed by atoms with Crippen LogP contribution in [0.5, 0.6) is 0 Å². The van der Waals surface area contributed by atoms with E-state index in [1.54, 1.807) is 0 Å². The molecule has 0 aliphatic rings. The molecule has 4 heteroatoms. The van der Waals surface area contributed by atoms with Gasteiger partial charge in [-0.15, -0.1) is 0 Å². The topological polar surface area (TPSA) is 24.9 Å². The average molecular weight is 417 g/mol. The predicted molar refractivity (Wildman–Crippen MR) is 86.7 cm³/mol. The van der Waals surface area contributed by atoms with Gasteiger partial charge in [-0.1, -0.05) is 22.0 Å². The van der Waals surface area contributed by atoms with Gasteiger partial charge >= 0.3 is 0 Å². The van der Waals surface area contributed by atoms with Gasteiger partial charge in [-0.05, 0) is 71.5 Å². The van der Waals surface area contributed by atoms with Crippen molar-refractivity contribution in [3.63, 3.8) is 0 Å². The van der Waals surface area contributed by atoms with Crippen LogP contribution in [0.3, 0.4) is 0 Å². The number of hydrogen-bond donors (Lipinski definition) is 1. The summed E-state index contributed by atoms with van der Waals surface area (Å²) in [7, 11) is 1.98. The van der Waals surface area contributed by atoms with E-state index in [1.165, 1.54) is 20.3 Å². The number of nitrogens with zero attached hydrogens (tertiary/aromatic N) is 1. The highest BCUT2D eigenvalue weighted by atomic mass is 127. The number of pyridine rings is 1. The molecule has 18 heavy (non-hydrogen) atoms. The van der Waals surface area contributed by atoms with Crippen molar-refractivity contribution in [1.82, 2.24) is 10.3 Å². The molecule has 1 N–H and O–H groups in total. The quantitative estimate of drug-likeness (QED) is 0.763. The zero-order chi connectivity index (χ0) is 13.1. The largest absolute Gasteiger partial charge is 0.309 e. The summed E-state index contributed by atoms with van der Waals surface area (Å²) in [5.41, 5.74) is 3.63. The van der Waals surface area contributed by atoms with Crippen molar-refractivity contribution in [3.8, 4) is 0 Å². The van der Waals surface area contributed by atoms with Crippen LogP contribution in [-0.4, -0.2) is 12.0 Å². The standard InChI is InChI=1S/C14H14BrIN2/c1-9-5-10(8-18-7-9)14(17-2)12-6-11(15)3-4-13(12)16/h3-8,14,17H,1-2H3. The highest BCUT2D eigenvalue weighted by molar-refractivity contribution is 14.1. The van der Waals surface area contributed by atoms with E-state index in [9.17, 15) is 0 Å². The Bertz CT molecular complexity index is 557. The minimum Gasteiger partial charge on any atom is -0.309 e. The normalized spacial score (nSPS) is 12.4. The molecule has 1 atom stereocenters. The first-order valence-electron chi connectivity index (χ1n) is 5.65. The van der Waals surface area contributed by atoms with Gasteiger partial charge in [0.15, 0.2) is 0 Å². The van der Waals surface area contributed by atoms with Gasteiger partial charge in [-0.3, -0.25) is 4.98 Å². The molecule has 2 nitrogen and oxygen atoms in total. The maximum Gasteiger partial charge on any atom is 0.0600 e. The predicted octanol–water partition coefficient (Wildman–Crippen LogP) is 4.07. The van der Waals surface area contributed by atoms with Gasteiger partial charge in [0.05, 0.1) is 6.04 Å². The fraction of sp³-hybridized carbons (Fsp3) is 0.214. The molecule has 0 amide bonds. The van der Waals surface area contributed by atoms with Gasteiger partial charge in [-0.25, -0.2) is 0 Å². The molecule has 0 aliphatic heterocycles. The molecule has 0 spiro atoms. The zero-order valence-corrected chi connectivity index (χ0v) is 14.0. The van der Waals surface area contributed by atoms with E-state index >= 15 is 0 Å². The van der Waals surface area contributed by atoms with E-state index < -0.39 is 0 Å². The molecule has 0 radical (unpaired) electrons. The van der Waals surface area contributed by atoms with E-state index in [-0.39, 0.29) is 6.04 Å². The molecular weight excluding hydrogens is 403 g/mol. The summed E-state index contributed by atoms with van der Waals surface area (Å²) in [5, 5.41) is 3.36. The van der Waals surface area contributed by atoms with Crippen LogP contribution in [0.15, 0.2) is 41.1 Å². The summed E-state index contributed by atoms with van der Waals surface area (Å²) < 4.78 is 2.34. The van der Waals surface area contributed by atoms with Gasteiger partial charge < -0.3 is 5.32 Å². The molecule has 1 aromatic heterocycles.